The summed E-state index contributed by atoms with van der Waals surface area (Å²) in [5.74, 6) is -0.976. The predicted molar refractivity (Wildman–Crippen MR) is 129 cm³/mol. The van der Waals surface area contributed by atoms with Crippen LogP contribution in [-0.2, 0) is 19.6 Å². The number of sulfonamides is 1. The first-order valence-corrected chi connectivity index (χ1v) is 13.6. The van der Waals surface area contributed by atoms with Crippen molar-refractivity contribution in [1.82, 2.24) is 15.1 Å². The Kier molecular flexibility index (Phi) is 7.43. The van der Waals surface area contributed by atoms with Gasteiger partial charge in [-0.2, -0.15) is 0 Å². The third-order valence-corrected chi connectivity index (χ3v) is 7.87. The van der Waals surface area contributed by atoms with Crippen LogP contribution >= 0.6 is 0 Å². The molecule has 1 unspecified atom stereocenters. The topological polar surface area (TPSA) is 102 Å². The molecule has 0 aromatic heterocycles. The van der Waals surface area contributed by atoms with Crippen LogP contribution in [0.15, 0.2) is 24.3 Å². The fourth-order valence-corrected chi connectivity index (χ4v) is 5.51. The van der Waals surface area contributed by atoms with Crippen LogP contribution in [0.5, 0.6) is 0 Å². The van der Waals surface area contributed by atoms with Gasteiger partial charge in [0.25, 0.3) is 0 Å². The van der Waals surface area contributed by atoms with Crippen LogP contribution < -0.4 is 14.9 Å². The molecular weight excluding hydrogens is 442 g/mol. The molecule has 0 spiro atoms. The van der Waals surface area contributed by atoms with Crippen LogP contribution in [0.2, 0.25) is 0 Å². The minimum Gasteiger partial charge on any atom is -0.372 e. The molecule has 2 aliphatic heterocycles. The largest absolute Gasteiger partial charge is 0.372 e. The monoisotopic (exact) mass is 477 g/mol. The molecule has 1 aliphatic carbocycles. The molecule has 0 bridgehead atoms. The number of amides is 2. The van der Waals surface area contributed by atoms with Crippen LogP contribution in [0, 0.1) is 0 Å². The van der Waals surface area contributed by atoms with E-state index in [1.165, 1.54) is 19.3 Å². The van der Waals surface area contributed by atoms with Crippen molar-refractivity contribution in [3.8, 4) is 0 Å². The fourth-order valence-electron chi connectivity index (χ4n) is 4.44. The number of hydrogen-bond acceptors (Lipinski definition) is 6. The molecule has 1 saturated carbocycles. The van der Waals surface area contributed by atoms with Crippen LogP contribution in [0.4, 0.5) is 11.4 Å². The van der Waals surface area contributed by atoms with Gasteiger partial charge in [0.15, 0.2) is 0 Å². The summed E-state index contributed by atoms with van der Waals surface area (Å²) in [7, 11) is -3.80. The first-order chi connectivity index (χ1) is 15.8. The zero-order valence-corrected chi connectivity index (χ0v) is 20.1. The standard InChI is InChI=1S/C23H35N5O4S/c1-18(23(30)24-19-5-6-19)26-13-15-28(16-14-26)22(29)17-33(31,32)25-20-7-9-21(10-8-20)27-11-3-2-4-12-27/h7-10,18-19,25H,2-6,11-17H2,1H3,(H,24,30). The SMILES string of the molecule is CC(C(=O)NC1CC1)N1CCN(C(=O)CS(=O)(=O)Nc2ccc(N3CCCCC3)cc2)CC1. The summed E-state index contributed by atoms with van der Waals surface area (Å²) in [5.41, 5.74) is 1.55. The number of nitrogens with one attached hydrogen (secondary N) is 2. The first kappa shape index (κ1) is 23.8. The molecule has 2 amide bonds. The average molecular weight is 478 g/mol. The van der Waals surface area contributed by atoms with Crippen LogP contribution in [0.25, 0.3) is 0 Å². The van der Waals surface area contributed by atoms with Crippen molar-refractivity contribution in [2.45, 2.75) is 51.1 Å². The van der Waals surface area contributed by atoms with Crippen molar-refractivity contribution in [3.05, 3.63) is 24.3 Å². The molecule has 2 N–H and O–H groups in total. The van der Waals surface area contributed by atoms with Gasteiger partial charge in [0.2, 0.25) is 21.8 Å². The van der Waals surface area contributed by atoms with Gasteiger partial charge < -0.3 is 15.1 Å². The molecule has 33 heavy (non-hydrogen) atoms. The van der Waals surface area contributed by atoms with E-state index in [1.54, 1.807) is 17.0 Å². The highest BCUT2D eigenvalue weighted by Crippen LogP contribution is 2.22. The van der Waals surface area contributed by atoms with E-state index in [4.69, 9.17) is 0 Å². The van der Waals surface area contributed by atoms with Crippen molar-refractivity contribution in [2.24, 2.45) is 0 Å². The first-order valence-electron chi connectivity index (χ1n) is 12.0. The number of carbonyl (C=O) groups excluding carboxylic acids is 2. The second-order valence-corrected chi connectivity index (χ2v) is 11.1. The summed E-state index contributed by atoms with van der Waals surface area (Å²) in [6.45, 7) is 5.86. The molecule has 1 atom stereocenters. The number of piperidine rings is 1. The van der Waals surface area contributed by atoms with Crippen molar-refractivity contribution >= 4 is 33.2 Å². The van der Waals surface area contributed by atoms with Crippen molar-refractivity contribution in [1.29, 1.82) is 0 Å². The average Bonchev–Trinajstić information content (AvgIpc) is 3.63. The van der Waals surface area contributed by atoms with Gasteiger partial charge in [0.05, 0.1) is 6.04 Å². The summed E-state index contributed by atoms with van der Waals surface area (Å²) < 4.78 is 27.7. The smallest absolute Gasteiger partial charge is 0.241 e. The molecule has 4 rings (SSSR count). The number of benzene rings is 1. The Labute approximate surface area is 196 Å². The highest BCUT2D eigenvalue weighted by atomic mass is 32.2. The molecular formula is C23H35N5O4S. The molecule has 2 saturated heterocycles. The highest BCUT2D eigenvalue weighted by molar-refractivity contribution is 7.93. The van der Waals surface area contributed by atoms with Crippen molar-refractivity contribution in [2.75, 3.05) is 54.6 Å². The summed E-state index contributed by atoms with van der Waals surface area (Å²) in [6.07, 6.45) is 5.71. The summed E-state index contributed by atoms with van der Waals surface area (Å²) in [6, 6.07) is 7.41. The Morgan fingerprint density at radius 2 is 1.61 bits per heavy atom. The second-order valence-electron chi connectivity index (χ2n) is 9.33. The van der Waals surface area contributed by atoms with Gasteiger partial charge in [0, 0.05) is 56.7 Å². The van der Waals surface area contributed by atoms with Gasteiger partial charge in [0.1, 0.15) is 5.75 Å². The van der Waals surface area contributed by atoms with Crippen molar-refractivity contribution in [3.63, 3.8) is 0 Å². The quantitative estimate of drug-likeness (QED) is 0.584. The molecule has 3 fully saturated rings. The summed E-state index contributed by atoms with van der Waals surface area (Å²) >= 11 is 0. The summed E-state index contributed by atoms with van der Waals surface area (Å²) in [4.78, 5) is 30.8. The molecule has 182 valence electrons. The maximum absolute atomic E-state index is 12.6. The van der Waals surface area contributed by atoms with E-state index in [9.17, 15) is 18.0 Å². The van der Waals surface area contributed by atoms with Gasteiger partial charge in [-0.25, -0.2) is 8.42 Å². The number of hydrogen-bond donors (Lipinski definition) is 2. The number of rotatable bonds is 8. The lowest BCUT2D eigenvalue weighted by Gasteiger charge is -2.37. The van der Waals surface area contributed by atoms with E-state index in [1.807, 2.05) is 24.0 Å². The lowest BCUT2D eigenvalue weighted by Crippen LogP contribution is -2.55. The van der Waals surface area contributed by atoms with Gasteiger partial charge in [-0.05, 0) is 63.3 Å². The summed E-state index contributed by atoms with van der Waals surface area (Å²) in [5, 5.41) is 3.01. The maximum atomic E-state index is 12.6. The minimum atomic E-state index is -3.80. The Balaban J connectivity index is 1.24. The van der Waals surface area contributed by atoms with E-state index in [2.05, 4.69) is 14.9 Å². The number of nitrogens with zero attached hydrogens (tertiary/aromatic N) is 3. The molecule has 3 aliphatic rings. The van der Waals surface area contributed by atoms with E-state index >= 15 is 0 Å². The van der Waals surface area contributed by atoms with E-state index < -0.39 is 21.7 Å². The minimum absolute atomic E-state index is 0.0235. The van der Waals surface area contributed by atoms with E-state index in [0.29, 0.717) is 37.9 Å². The van der Waals surface area contributed by atoms with Crippen LogP contribution in [0.3, 0.4) is 0 Å². The Morgan fingerprint density at radius 1 is 0.970 bits per heavy atom. The zero-order valence-electron chi connectivity index (χ0n) is 19.3. The second kappa shape index (κ2) is 10.3. The predicted octanol–water partition coefficient (Wildman–Crippen LogP) is 1.23. The molecule has 1 aromatic rings. The van der Waals surface area contributed by atoms with Gasteiger partial charge in [-0.3, -0.25) is 19.2 Å². The van der Waals surface area contributed by atoms with E-state index in [0.717, 1.165) is 31.6 Å². The number of piperazine rings is 1. The fraction of sp³-hybridized carbons (Fsp3) is 0.652. The lowest BCUT2D eigenvalue weighted by atomic mass is 10.1. The Bertz CT molecular complexity index is 934. The number of anilines is 2. The normalized spacial score (nSPS) is 20.9. The zero-order chi connectivity index (χ0) is 23.4. The molecule has 2 heterocycles. The Hall–Kier alpha value is -2.33. The van der Waals surface area contributed by atoms with Crippen LogP contribution in [0.1, 0.15) is 39.0 Å². The van der Waals surface area contributed by atoms with Gasteiger partial charge in [-0.1, -0.05) is 0 Å². The third kappa shape index (κ3) is 6.60. The lowest BCUT2D eigenvalue weighted by molar-refractivity contribution is -0.132. The Morgan fingerprint density at radius 3 is 2.21 bits per heavy atom. The molecule has 9 nitrogen and oxygen atoms in total. The number of carbonyl (C=O) groups is 2. The van der Waals surface area contributed by atoms with Gasteiger partial charge in [-0.15, -0.1) is 0 Å². The van der Waals surface area contributed by atoms with E-state index in [-0.39, 0.29) is 11.9 Å². The molecule has 10 heteroatoms. The third-order valence-electron chi connectivity index (χ3n) is 6.69. The molecule has 0 radical (unpaired) electrons. The maximum Gasteiger partial charge on any atom is 0.241 e. The van der Waals surface area contributed by atoms with Gasteiger partial charge >= 0.3 is 0 Å². The van der Waals surface area contributed by atoms with Crippen molar-refractivity contribution < 1.29 is 18.0 Å². The molecule has 1 aromatic carbocycles. The highest BCUT2D eigenvalue weighted by Gasteiger charge is 2.31. The van der Waals surface area contributed by atoms with Crippen LogP contribution in [-0.4, -0.2) is 87.1 Å².